The molecule has 2 aromatic rings. The summed E-state index contributed by atoms with van der Waals surface area (Å²) in [5, 5.41) is 0. The smallest absolute Gasteiger partial charge is 0.224 e. The van der Waals surface area contributed by atoms with Gasteiger partial charge in [0.1, 0.15) is 0 Å². The number of fused-ring (bicyclic) bond motifs is 1. The summed E-state index contributed by atoms with van der Waals surface area (Å²) in [5.41, 5.74) is 0.819. The second-order valence-corrected chi connectivity index (χ2v) is 5.83. The number of hydrogen-bond acceptors (Lipinski definition) is 3. The van der Waals surface area contributed by atoms with E-state index in [1.165, 1.54) is 13.3 Å². The van der Waals surface area contributed by atoms with Crippen molar-refractivity contribution in [3.63, 3.8) is 0 Å². The van der Waals surface area contributed by atoms with Gasteiger partial charge in [-0.3, -0.25) is 9.59 Å². The number of hydrogen-bond donors (Lipinski definition) is 0. The van der Waals surface area contributed by atoms with Gasteiger partial charge >= 0.3 is 0 Å². The first kappa shape index (κ1) is 16.4. The number of amides is 2. The molecule has 0 unspecified atom stereocenters. The summed E-state index contributed by atoms with van der Waals surface area (Å²) in [6, 6.07) is 2.14. The Bertz CT molecular complexity index is 782. The van der Waals surface area contributed by atoms with Gasteiger partial charge in [-0.05, 0) is 0 Å². The molecule has 1 aliphatic rings. The van der Waals surface area contributed by atoms with Gasteiger partial charge in [-0.2, -0.15) is 0 Å². The number of rotatable bonds is 3. The predicted octanol–water partition coefficient (Wildman–Crippen LogP) is 1.40. The van der Waals surface area contributed by atoms with Crippen LogP contribution < -0.4 is 0 Å². The molecule has 8 heteroatoms. The number of carbonyl (C=O) groups is 2. The van der Waals surface area contributed by atoms with Crippen molar-refractivity contribution in [1.29, 1.82) is 0 Å². The van der Waals surface area contributed by atoms with Gasteiger partial charge in [-0.25, -0.2) is 13.8 Å². The quantitative estimate of drug-likeness (QED) is 0.851. The molecule has 1 aromatic heterocycles. The van der Waals surface area contributed by atoms with Crippen molar-refractivity contribution < 1.29 is 18.4 Å². The summed E-state index contributed by atoms with van der Waals surface area (Å²) in [6.07, 6.45) is 1.72. The molecule has 128 valence electrons. The highest BCUT2D eigenvalue weighted by molar-refractivity contribution is 5.78. The van der Waals surface area contributed by atoms with E-state index in [9.17, 15) is 18.4 Å². The molecule has 6 nitrogen and oxygen atoms in total. The Hall–Kier alpha value is -2.51. The Balaban J connectivity index is 1.61. The Morgan fingerprint density at radius 1 is 1.08 bits per heavy atom. The zero-order chi connectivity index (χ0) is 17.3. The molecule has 24 heavy (non-hydrogen) atoms. The van der Waals surface area contributed by atoms with Crippen molar-refractivity contribution >= 4 is 22.8 Å². The van der Waals surface area contributed by atoms with Crippen LogP contribution in [0.15, 0.2) is 18.5 Å². The highest BCUT2D eigenvalue weighted by Gasteiger charge is 2.22. The molecular weight excluding hydrogens is 318 g/mol. The van der Waals surface area contributed by atoms with Crippen molar-refractivity contribution in [1.82, 2.24) is 19.4 Å². The van der Waals surface area contributed by atoms with E-state index in [4.69, 9.17) is 0 Å². The van der Waals surface area contributed by atoms with Gasteiger partial charge < -0.3 is 14.4 Å². The number of aromatic nitrogens is 2. The van der Waals surface area contributed by atoms with Gasteiger partial charge in [0, 0.05) is 58.2 Å². The van der Waals surface area contributed by atoms with Crippen LogP contribution in [0.5, 0.6) is 0 Å². The van der Waals surface area contributed by atoms with Crippen LogP contribution in [-0.2, 0) is 16.1 Å². The van der Waals surface area contributed by atoms with Crippen molar-refractivity contribution in [2.24, 2.45) is 0 Å². The minimum Gasteiger partial charge on any atom is -0.339 e. The van der Waals surface area contributed by atoms with Crippen molar-refractivity contribution in [3.8, 4) is 0 Å². The fraction of sp³-hybridized carbons (Fsp3) is 0.438. The SMILES string of the molecule is CC(=O)N1CCN(C(=O)CCn2cnc3cc(F)c(F)cc32)CC1. The molecule has 1 saturated heterocycles. The normalized spacial score (nSPS) is 15.1. The Kier molecular flexibility index (Phi) is 4.46. The minimum atomic E-state index is -0.938. The highest BCUT2D eigenvalue weighted by Crippen LogP contribution is 2.18. The highest BCUT2D eigenvalue weighted by atomic mass is 19.2. The largest absolute Gasteiger partial charge is 0.339 e. The molecular formula is C16H18F2N4O2. The summed E-state index contributed by atoms with van der Waals surface area (Å²) in [6.45, 7) is 3.97. The number of imidazole rings is 1. The number of nitrogens with zero attached hydrogens (tertiary/aromatic N) is 4. The number of carbonyl (C=O) groups excluding carboxylic acids is 2. The van der Waals surface area contributed by atoms with Crippen LogP contribution in [0, 0.1) is 11.6 Å². The van der Waals surface area contributed by atoms with Crippen molar-refractivity contribution in [3.05, 3.63) is 30.1 Å². The second-order valence-electron chi connectivity index (χ2n) is 5.83. The molecule has 0 spiro atoms. The van der Waals surface area contributed by atoms with Gasteiger partial charge in [0.2, 0.25) is 11.8 Å². The van der Waals surface area contributed by atoms with E-state index in [1.54, 1.807) is 14.4 Å². The van der Waals surface area contributed by atoms with Gasteiger partial charge in [0.25, 0.3) is 0 Å². The summed E-state index contributed by atoms with van der Waals surface area (Å²) in [4.78, 5) is 31.0. The van der Waals surface area contributed by atoms with E-state index < -0.39 is 11.6 Å². The lowest BCUT2D eigenvalue weighted by molar-refractivity contribution is -0.138. The standard InChI is InChI=1S/C16H18F2N4O2/c1-11(23)20-4-6-21(7-5-20)16(24)2-3-22-10-19-14-8-12(17)13(18)9-15(14)22/h8-10H,2-7H2,1H3. The zero-order valence-electron chi connectivity index (χ0n) is 13.3. The second kappa shape index (κ2) is 6.54. The van der Waals surface area contributed by atoms with E-state index in [2.05, 4.69) is 4.98 Å². The topological polar surface area (TPSA) is 58.4 Å². The van der Waals surface area contributed by atoms with Gasteiger partial charge in [-0.15, -0.1) is 0 Å². The summed E-state index contributed by atoms with van der Waals surface area (Å²) < 4.78 is 28.2. The summed E-state index contributed by atoms with van der Waals surface area (Å²) in [5.74, 6) is -1.88. The number of aryl methyl sites for hydroxylation is 1. The van der Waals surface area contributed by atoms with Gasteiger partial charge in [0.15, 0.2) is 11.6 Å². The molecule has 0 atom stereocenters. The molecule has 0 saturated carbocycles. The summed E-state index contributed by atoms with van der Waals surface area (Å²) in [7, 11) is 0. The van der Waals surface area contributed by atoms with Crippen LogP contribution in [0.2, 0.25) is 0 Å². The van der Waals surface area contributed by atoms with Crippen molar-refractivity contribution in [2.45, 2.75) is 19.9 Å². The third kappa shape index (κ3) is 3.22. The van der Waals surface area contributed by atoms with Gasteiger partial charge in [-0.1, -0.05) is 0 Å². The molecule has 0 radical (unpaired) electrons. The average molecular weight is 336 g/mol. The molecule has 2 amide bonds. The van der Waals surface area contributed by atoms with Crippen LogP contribution in [-0.4, -0.2) is 57.3 Å². The van der Waals surface area contributed by atoms with E-state index in [0.717, 1.165) is 12.1 Å². The lowest BCUT2D eigenvalue weighted by atomic mass is 10.2. The third-order valence-electron chi connectivity index (χ3n) is 4.31. The van der Waals surface area contributed by atoms with Crippen molar-refractivity contribution in [2.75, 3.05) is 26.2 Å². The van der Waals surface area contributed by atoms with E-state index in [1.807, 2.05) is 0 Å². The molecule has 1 fully saturated rings. The average Bonchev–Trinajstić information content (AvgIpc) is 2.95. The first-order chi connectivity index (χ1) is 11.5. The monoisotopic (exact) mass is 336 g/mol. The molecule has 0 bridgehead atoms. The third-order valence-corrected chi connectivity index (χ3v) is 4.31. The Morgan fingerprint density at radius 2 is 1.71 bits per heavy atom. The predicted molar refractivity (Wildman–Crippen MR) is 83.1 cm³/mol. The fourth-order valence-electron chi connectivity index (χ4n) is 2.88. The zero-order valence-corrected chi connectivity index (χ0v) is 13.3. The maximum absolute atomic E-state index is 13.4. The van der Waals surface area contributed by atoms with E-state index >= 15 is 0 Å². The maximum atomic E-state index is 13.4. The van der Waals surface area contributed by atoms with Crippen LogP contribution >= 0.6 is 0 Å². The van der Waals surface area contributed by atoms with Crippen LogP contribution in [0.25, 0.3) is 11.0 Å². The molecule has 2 heterocycles. The Labute approximate surface area is 137 Å². The number of halogens is 2. The number of piperazine rings is 1. The first-order valence-electron chi connectivity index (χ1n) is 7.79. The molecule has 1 aliphatic heterocycles. The minimum absolute atomic E-state index is 0.0150. The van der Waals surface area contributed by atoms with E-state index in [-0.39, 0.29) is 18.2 Å². The van der Waals surface area contributed by atoms with Crippen LogP contribution in [0.1, 0.15) is 13.3 Å². The van der Waals surface area contributed by atoms with Gasteiger partial charge in [0.05, 0.1) is 17.4 Å². The van der Waals surface area contributed by atoms with E-state index in [0.29, 0.717) is 43.8 Å². The summed E-state index contributed by atoms with van der Waals surface area (Å²) >= 11 is 0. The van der Waals surface area contributed by atoms with Crippen LogP contribution in [0.3, 0.4) is 0 Å². The molecule has 3 rings (SSSR count). The molecule has 0 N–H and O–H groups in total. The fourth-order valence-corrected chi connectivity index (χ4v) is 2.88. The molecule has 0 aliphatic carbocycles. The Morgan fingerprint density at radius 3 is 2.38 bits per heavy atom. The first-order valence-corrected chi connectivity index (χ1v) is 7.79. The lowest BCUT2D eigenvalue weighted by Crippen LogP contribution is -2.50. The lowest BCUT2D eigenvalue weighted by Gasteiger charge is -2.34. The number of benzene rings is 1. The van der Waals surface area contributed by atoms with Crippen LogP contribution in [0.4, 0.5) is 8.78 Å². The molecule has 1 aromatic carbocycles. The maximum Gasteiger partial charge on any atom is 0.224 e.